The number of ether oxygens (including phenoxy) is 2. The molecular weight excluding hydrogens is 355 g/mol. The molecule has 1 heterocycles. The number of nitrogens with zero attached hydrogens (tertiary/aromatic N) is 1. The molecule has 1 aromatic heterocycles. The van der Waals surface area contributed by atoms with Gasteiger partial charge in [-0.3, -0.25) is 0 Å². The van der Waals surface area contributed by atoms with Crippen molar-refractivity contribution in [2.45, 2.75) is 38.5 Å². The lowest BCUT2D eigenvalue weighted by Crippen LogP contribution is -2.28. The molecule has 0 saturated carbocycles. The summed E-state index contributed by atoms with van der Waals surface area (Å²) in [6.07, 6.45) is -4.08. The van der Waals surface area contributed by atoms with Crippen LogP contribution in [0.15, 0.2) is 23.6 Å². The summed E-state index contributed by atoms with van der Waals surface area (Å²) in [5, 5.41) is 1.18. The number of carbonyl (C=O) groups is 1. The fraction of sp³-hybridized carbons (Fsp3) is 0.412. The van der Waals surface area contributed by atoms with E-state index in [-0.39, 0.29) is 5.01 Å². The summed E-state index contributed by atoms with van der Waals surface area (Å²) in [6, 6.07) is 5.45. The van der Waals surface area contributed by atoms with Gasteiger partial charge >= 0.3 is 12.1 Å². The first-order valence-electron chi connectivity index (χ1n) is 7.76. The minimum absolute atomic E-state index is 0.295. The summed E-state index contributed by atoms with van der Waals surface area (Å²) >= 11 is 0.805. The second-order valence-corrected chi connectivity index (χ2v) is 6.70. The topological polar surface area (TPSA) is 48.4 Å². The van der Waals surface area contributed by atoms with E-state index >= 15 is 0 Å². The molecule has 0 saturated heterocycles. The SMILES string of the molecule is Cc1csc(C(OC(=O)COc2ccc3c(c2)CCC3)C(F)(F)F)n1. The van der Waals surface area contributed by atoms with Crippen molar-refractivity contribution in [3.8, 4) is 5.75 Å². The zero-order valence-corrected chi connectivity index (χ0v) is 14.2. The molecule has 1 aliphatic carbocycles. The maximum absolute atomic E-state index is 13.1. The van der Waals surface area contributed by atoms with Gasteiger partial charge in [0.05, 0.1) is 0 Å². The third kappa shape index (κ3) is 4.31. The highest BCUT2D eigenvalue weighted by Crippen LogP contribution is 2.37. The highest BCUT2D eigenvalue weighted by molar-refractivity contribution is 7.09. The van der Waals surface area contributed by atoms with Crippen LogP contribution in [0.5, 0.6) is 5.75 Å². The van der Waals surface area contributed by atoms with Crippen molar-refractivity contribution in [3.63, 3.8) is 0 Å². The van der Waals surface area contributed by atoms with Gasteiger partial charge in [-0.2, -0.15) is 13.2 Å². The van der Waals surface area contributed by atoms with Crippen LogP contribution in [-0.2, 0) is 22.4 Å². The molecule has 0 bridgehead atoms. The standard InChI is InChI=1S/C17H16F3NO3S/c1-10-9-25-16(21-10)15(17(18,19)20)24-14(22)8-23-13-6-5-11-3-2-4-12(11)7-13/h5-7,9,15H,2-4,8H2,1H3. The molecule has 4 nitrogen and oxygen atoms in total. The average Bonchev–Trinajstić information content (AvgIpc) is 3.17. The predicted molar refractivity (Wildman–Crippen MR) is 85.7 cm³/mol. The van der Waals surface area contributed by atoms with E-state index < -0.39 is 24.9 Å². The third-order valence-corrected chi connectivity index (χ3v) is 4.84. The Morgan fingerprint density at radius 3 is 2.76 bits per heavy atom. The molecule has 1 aromatic carbocycles. The van der Waals surface area contributed by atoms with Crippen molar-refractivity contribution in [1.82, 2.24) is 4.98 Å². The van der Waals surface area contributed by atoms with Crippen molar-refractivity contribution in [2.75, 3.05) is 6.61 Å². The summed E-state index contributed by atoms with van der Waals surface area (Å²) in [6.45, 7) is 0.988. The minimum Gasteiger partial charge on any atom is -0.482 e. The van der Waals surface area contributed by atoms with Crippen molar-refractivity contribution in [1.29, 1.82) is 0 Å². The Morgan fingerprint density at radius 1 is 1.32 bits per heavy atom. The molecule has 0 radical (unpaired) electrons. The molecule has 1 aliphatic rings. The maximum atomic E-state index is 13.1. The lowest BCUT2D eigenvalue weighted by Gasteiger charge is -2.18. The summed E-state index contributed by atoms with van der Waals surface area (Å²) in [5.41, 5.74) is 2.84. The first kappa shape index (κ1) is 17.7. The molecule has 134 valence electrons. The van der Waals surface area contributed by atoms with Gasteiger partial charge < -0.3 is 9.47 Å². The van der Waals surface area contributed by atoms with Gasteiger partial charge in [-0.1, -0.05) is 6.07 Å². The van der Waals surface area contributed by atoms with Gasteiger partial charge in [-0.25, -0.2) is 9.78 Å². The number of esters is 1. The largest absolute Gasteiger partial charge is 0.482 e. The Hall–Kier alpha value is -2.09. The third-order valence-electron chi connectivity index (χ3n) is 3.83. The zero-order chi connectivity index (χ0) is 18.0. The number of carbonyl (C=O) groups excluding carboxylic acids is 1. The monoisotopic (exact) mass is 371 g/mol. The molecule has 1 atom stereocenters. The van der Waals surface area contributed by atoms with E-state index in [1.54, 1.807) is 13.0 Å². The quantitative estimate of drug-likeness (QED) is 0.741. The number of alkyl halides is 3. The van der Waals surface area contributed by atoms with Gasteiger partial charge in [0.2, 0.25) is 6.10 Å². The number of aromatic nitrogens is 1. The van der Waals surface area contributed by atoms with E-state index in [4.69, 9.17) is 4.74 Å². The van der Waals surface area contributed by atoms with Crippen LogP contribution in [0.4, 0.5) is 13.2 Å². The molecule has 2 aromatic rings. The normalized spacial score (nSPS) is 14.9. The smallest absolute Gasteiger partial charge is 0.432 e. The Kier molecular flexibility index (Phi) is 4.99. The molecule has 1 unspecified atom stereocenters. The number of rotatable bonds is 5. The highest BCUT2D eigenvalue weighted by atomic mass is 32.1. The van der Waals surface area contributed by atoms with Gasteiger partial charge in [-0.15, -0.1) is 11.3 Å². The van der Waals surface area contributed by atoms with E-state index in [9.17, 15) is 18.0 Å². The molecule has 0 fully saturated rings. The first-order chi connectivity index (χ1) is 11.8. The fourth-order valence-electron chi connectivity index (χ4n) is 2.70. The second kappa shape index (κ2) is 7.03. The fourth-order valence-corrected chi connectivity index (χ4v) is 3.54. The molecule has 0 aliphatic heterocycles. The van der Waals surface area contributed by atoms with E-state index in [0.717, 1.165) is 36.2 Å². The lowest BCUT2D eigenvalue weighted by molar-refractivity contribution is -0.225. The Balaban J connectivity index is 1.62. The summed E-state index contributed by atoms with van der Waals surface area (Å²) in [4.78, 5) is 15.6. The van der Waals surface area contributed by atoms with E-state index in [2.05, 4.69) is 9.72 Å². The number of fused-ring (bicyclic) bond motifs is 1. The van der Waals surface area contributed by atoms with Gasteiger partial charge in [-0.05, 0) is 49.4 Å². The van der Waals surface area contributed by atoms with Crippen molar-refractivity contribution >= 4 is 17.3 Å². The highest BCUT2D eigenvalue weighted by Gasteiger charge is 2.46. The average molecular weight is 371 g/mol. The number of aryl methyl sites for hydroxylation is 3. The molecule has 3 rings (SSSR count). The van der Waals surface area contributed by atoms with Crippen molar-refractivity contribution in [2.24, 2.45) is 0 Å². The van der Waals surface area contributed by atoms with Crippen LogP contribution >= 0.6 is 11.3 Å². The molecule has 25 heavy (non-hydrogen) atoms. The van der Waals surface area contributed by atoms with Gasteiger partial charge in [0.15, 0.2) is 6.61 Å². The Morgan fingerprint density at radius 2 is 2.08 bits per heavy atom. The first-order valence-corrected chi connectivity index (χ1v) is 8.64. The zero-order valence-electron chi connectivity index (χ0n) is 13.4. The van der Waals surface area contributed by atoms with Gasteiger partial charge in [0.25, 0.3) is 0 Å². The number of hydrogen-bond acceptors (Lipinski definition) is 5. The maximum Gasteiger partial charge on any atom is 0.432 e. The van der Waals surface area contributed by atoms with Gasteiger partial charge in [0, 0.05) is 11.1 Å². The minimum atomic E-state index is -4.73. The van der Waals surface area contributed by atoms with E-state index in [0.29, 0.717) is 11.4 Å². The summed E-state index contributed by atoms with van der Waals surface area (Å²) in [5.74, 6) is -0.637. The predicted octanol–water partition coefficient (Wildman–Crippen LogP) is 4.17. The van der Waals surface area contributed by atoms with Crippen LogP contribution in [0.1, 0.15) is 34.4 Å². The van der Waals surface area contributed by atoms with Crippen LogP contribution in [-0.4, -0.2) is 23.7 Å². The number of benzene rings is 1. The van der Waals surface area contributed by atoms with E-state index in [1.165, 1.54) is 10.9 Å². The Labute approximate surface area is 146 Å². The Bertz CT molecular complexity index is 773. The second-order valence-electron chi connectivity index (χ2n) is 5.81. The van der Waals surface area contributed by atoms with Crippen LogP contribution in [0.25, 0.3) is 0 Å². The van der Waals surface area contributed by atoms with Crippen molar-refractivity contribution < 1.29 is 27.4 Å². The van der Waals surface area contributed by atoms with E-state index in [1.807, 2.05) is 12.1 Å². The molecule has 0 spiro atoms. The lowest BCUT2D eigenvalue weighted by atomic mass is 10.1. The molecule has 0 N–H and O–H groups in total. The van der Waals surface area contributed by atoms with Gasteiger partial charge in [0.1, 0.15) is 10.8 Å². The number of thiazole rings is 1. The van der Waals surface area contributed by atoms with Crippen LogP contribution < -0.4 is 4.74 Å². The summed E-state index contributed by atoms with van der Waals surface area (Å²) < 4.78 is 49.3. The molecule has 8 heteroatoms. The van der Waals surface area contributed by atoms with Crippen LogP contribution in [0, 0.1) is 6.92 Å². The summed E-state index contributed by atoms with van der Waals surface area (Å²) in [7, 11) is 0. The van der Waals surface area contributed by atoms with Crippen LogP contribution in [0.3, 0.4) is 0 Å². The molecular formula is C17H16F3NO3S. The van der Waals surface area contributed by atoms with Crippen molar-refractivity contribution in [3.05, 3.63) is 45.4 Å². The number of halogens is 3. The number of hydrogen-bond donors (Lipinski definition) is 0. The van der Waals surface area contributed by atoms with Crippen LogP contribution in [0.2, 0.25) is 0 Å². The molecule has 0 amide bonds.